The summed E-state index contributed by atoms with van der Waals surface area (Å²) in [6, 6.07) is 2.98. The van der Waals surface area contributed by atoms with E-state index in [1.54, 1.807) is 25.4 Å². The van der Waals surface area contributed by atoms with Crippen LogP contribution in [0, 0.1) is 24.2 Å². The van der Waals surface area contributed by atoms with Crippen LogP contribution < -0.4 is 5.32 Å². The lowest BCUT2D eigenvalue weighted by atomic mass is 10.2. The Labute approximate surface area is 106 Å². The highest BCUT2D eigenvalue weighted by Crippen LogP contribution is 2.28. The lowest BCUT2D eigenvalue weighted by molar-refractivity contribution is 0.618. The van der Waals surface area contributed by atoms with Gasteiger partial charge in [-0.25, -0.2) is 9.38 Å². The van der Waals surface area contributed by atoms with Crippen molar-refractivity contribution in [1.82, 2.24) is 5.32 Å². The molecule has 0 fully saturated rings. The van der Waals surface area contributed by atoms with Gasteiger partial charge in [0.05, 0.1) is 5.69 Å². The van der Waals surface area contributed by atoms with Crippen LogP contribution >= 0.6 is 27.7 Å². The van der Waals surface area contributed by atoms with E-state index < -0.39 is 0 Å². The van der Waals surface area contributed by atoms with Crippen molar-refractivity contribution in [1.29, 1.82) is 5.26 Å². The number of halogens is 2. The van der Waals surface area contributed by atoms with Crippen LogP contribution in [0.4, 0.5) is 10.1 Å². The molecule has 84 valence electrons. The number of nitrogens with one attached hydrogen (secondary N) is 1. The van der Waals surface area contributed by atoms with Crippen molar-refractivity contribution >= 4 is 38.5 Å². The molecule has 6 heteroatoms. The molecule has 0 saturated carbocycles. The van der Waals surface area contributed by atoms with Gasteiger partial charge < -0.3 is 0 Å². The average Bonchev–Trinajstić information content (AvgIpc) is 2.25. The monoisotopic (exact) mass is 301 g/mol. The maximum absolute atomic E-state index is 13.2. The van der Waals surface area contributed by atoms with Gasteiger partial charge in [0.15, 0.2) is 11.4 Å². The van der Waals surface area contributed by atoms with Crippen molar-refractivity contribution < 1.29 is 4.39 Å². The van der Waals surface area contributed by atoms with Crippen LogP contribution in [0.1, 0.15) is 5.56 Å². The number of benzene rings is 1. The third-order valence-corrected chi connectivity index (χ3v) is 3.02. The maximum atomic E-state index is 13.2. The van der Waals surface area contributed by atoms with Gasteiger partial charge >= 0.3 is 0 Å². The van der Waals surface area contributed by atoms with Gasteiger partial charge in [0.2, 0.25) is 0 Å². The normalized spacial score (nSPS) is 11.1. The first-order chi connectivity index (χ1) is 7.58. The second-order valence-corrected chi connectivity index (χ2v) is 4.56. The van der Waals surface area contributed by atoms with E-state index in [0.717, 1.165) is 0 Å². The summed E-state index contributed by atoms with van der Waals surface area (Å²) in [6.07, 6.45) is 3.59. The predicted octanol–water partition coefficient (Wildman–Crippen LogP) is 3.32. The molecule has 1 rings (SSSR count). The van der Waals surface area contributed by atoms with Crippen molar-refractivity contribution in [3.8, 4) is 6.19 Å². The highest BCUT2D eigenvalue weighted by atomic mass is 79.9. The number of hydrogen-bond donors (Lipinski definition) is 1. The molecule has 0 atom stereocenters. The minimum absolute atomic E-state index is 0.287. The number of rotatable bonds is 1. The van der Waals surface area contributed by atoms with Crippen LogP contribution in [-0.2, 0) is 0 Å². The van der Waals surface area contributed by atoms with Crippen molar-refractivity contribution in [2.75, 3.05) is 6.26 Å². The summed E-state index contributed by atoms with van der Waals surface area (Å²) in [6.45, 7) is 1.66. The van der Waals surface area contributed by atoms with Crippen molar-refractivity contribution in [2.24, 2.45) is 4.99 Å². The van der Waals surface area contributed by atoms with Gasteiger partial charge in [0, 0.05) is 4.47 Å². The number of nitriles is 1. The number of amidine groups is 1. The average molecular weight is 302 g/mol. The van der Waals surface area contributed by atoms with E-state index in [1.807, 2.05) is 0 Å². The van der Waals surface area contributed by atoms with Crippen LogP contribution in [0.2, 0.25) is 0 Å². The smallest absolute Gasteiger partial charge is 0.183 e. The van der Waals surface area contributed by atoms with E-state index in [4.69, 9.17) is 5.26 Å². The van der Waals surface area contributed by atoms with E-state index in [-0.39, 0.29) is 5.82 Å². The third kappa shape index (κ3) is 3.22. The zero-order valence-electron chi connectivity index (χ0n) is 8.71. The van der Waals surface area contributed by atoms with Crippen LogP contribution in [0.25, 0.3) is 0 Å². The second-order valence-electron chi connectivity index (χ2n) is 2.91. The largest absolute Gasteiger partial charge is 0.271 e. The third-order valence-electron chi connectivity index (χ3n) is 1.81. The highest BCUT2D eigenvalue weighted by molar-refractivity contribution is 9.10. The summed E-state index contributed by atoms with van der Waals surface area (Å²) in [7, 11) is 0. The number of nitrogens with zero attached hydrogens (tertiary/aromatic N) is 2. The Morgan fingerprint density at radius 2 is 2.31 bits per heavy atom. The molecule has 0 spiro atoms. The quantitative estimate of drug-likeness (QED) is 0.375. The van der Waals surface area contributed by atoms with Crippen molar-refractivity contribution in [3.63, 3.8) is 0 Å². The molecule has 0 radical (unpaired) electrons. The second kappa shape index (κ2) is 5.87. The fourth-order valence-corrected chi connectivity index (χ4v) is 1.75. The molecule has 16 heavy (non-hydrogen) atoms. The van der Waals surface area contributed by atoms with Crippen LogP contribution in [0.15, 0.2) is 21.6 Å². The molecule has 0 saturated heterocycles. The molecule has 0 aliphatic heterocycles. The first-order valence-electron chi connectivity index (χ1n) is 4.32. The van der Waals surface area contributed by atoms with Crippen LogP contribution in [0.5, 0.6) is 0 Å². The molecule has 0 bridgehead atoms. The first kappa shape index (κ1) is 13.0. The Morgan fingerprint density at radius 3 is 2.88 bits per heavy atom. The number of hydrogen-bond acceptors (Lipinski definition) is 3. The molecule has 0 heterocycles. The standard InChI is InChI=1S/C10H9BrFN3S/c1-6-3-9(7(11)4-8(6)12)15-10(16-2)14-5-13/h3-4H,1-2H3,(H,14,15). The minimum Gasteiger partial charge on any atom is -0.271 e. The number of aliphatic imine (C=N–C) groups is 1. The molecule has 1 aromatic carbocycles. The molecule has 1 N–H and O–H groups in total. The Hall–Kier alpha value is -1.06. The van der Waals surface area contributed by atoms with Gasteiger partial charge in [-0.05, 0) is 46.8 Å². The lowest BCUT2D eigenvalue weighted by Crippen LogP contribution is -2.12. The fourth-order valence-electron chi connectivity index (χ4n) is 1.01. The van der Waals surface area contributed by atoms with Crippen LogP contribution in [0.3, 0.4) is 0 Å². The number of aryl methyl sites for hydroxylation is 1. The summed E-state index contributed by atoms with van der Waals surface area (Å²) in [4.78, 5) is 4.20. The summed E-state index contributed by atoms with van der Waals surface area (Å²) in [5, 5.41) is 11.4. The van der Waals surface area contributed by atoms with E-state index in [2.05, 4.69) is 26.2 Å². The Kier molecular flexibility index (Phi) is 4.77. The summed E-state index contributed by atoms with van der Waals surface area (Å²) < 4.78 is 13.7. The van der Waals surface area contributed by atoms with Gasteiger partial charge in [-0.1, -0.05) is 11.8 Å². The van der Waals surface area contributed by atoms with E-state index in [1.165, 1.54) is 17.8 Å². The van der Waals surface area contributed by atoms with E-state index in [0.29, 0.717) is 20.9 Å². The maximum Gasteiger partial charge on any atom is 0.183 e. The van der Waals surface area contributed by atoms with Crippen molar-refractivity contribution in [3.05, 3.63) is 28.0 Å². The van der Waals surface area contributed by atoms with Gasteiger partial charge in [-0.3, -0.25) is 5.32 Å². The highest BCUT2D eigenvalue weighted by Gasteiger charge is 2.05. The zero-order valence-corrected chi connectivity index (χ0v) is 11.1. The van der Waals surface area contributed by atoms with Crippen molar-refractivity contribution in [2.45, 2.75) is 6.92 Å². The summed E-state index contributed by atoms with van der Waals surface area (Å²) in [5.74, 6) is -0.287. The van der Waals surface area contributed by atoms with Crippen LogP contribution in [-0.4, -0.2) is 11.4 Å². The molecule has 0 amide bonds. The molecule has 0 aliphatic rings. The van der Waals surface area contributed by atoms with E-state index in [9.17, 15) is 4.39 Å². The number of thioether (sulfide) groups is 1. The SMILES string of the molecule is CSC(=Nc1cc(C)c(F)cc1Br)NC#N. The Morgan fingerprint density at radius 1 is 1.62 bits per heavy atom. The molecular formula is C10H9BrFN3S. The predicted molar refractivity (Wildman–Crippen MR) is 68.2 cm³/mol. The topological polar surface area (TPSA) is 48.2 Å². The molecule has 0 unspecified atom stereocenters. The summed E-state index contributed by atoms with van der Waals surface area (Å²) in [5.41, 5.74) is 1.10. The zero-order chi connectivity index (χ0) is 12.1. The molecule has 0 aliphatic carbocycles. The lowest BCUT2D eigenvalue weighted by Gasteiger charge is -2.04. The van der Waals surface area contributed by atoms with Gasteiger partial charge in [0.1, 0.15) is 5.82 Å². The molecular weight excluding hydrogens is 293 g/mol. The molecule has 1 aromatic rings. The fraction of sp³-hybridized carbons (Fsp3) is 0.200. The Bertz CT molecular complexity index is 468. The Balaban J connectivity index is 3.14. The molecule has 0 aromatic heterocycles. The van der Waals surface area contributed by atoms with E-state index >= 15 is 0 Å². The van der Waals surface area contributed by atoms with Gasteiger partial charge in [0.25, 0.3) is 0 Å². The summed E-state index contributed by atoms with van der Waals surface area (Å²) >= 11 is 4.53. The first-order valence-corrected chi connectivity index (χ1v) is 6.33. The molecule has 3 nitrogen and oxygen atoms in total. The van der Waals surface area contributed by atoms with Gasteiger partial charge in [-0.15, -0.1) is 0 Å². The van der Waals surface area contributed by atoms with Gasteiger partial charge in [-0.2, -0.15) is 5.26 Å². The minimum atomic E-state index is -0.287.